The van der Waals surface area contributed by atoms with Crippen molar-refractivity contribution in [2.75, 3.05) is 19.2 Å². The molecule has 10 heteroatoms. The van der Waals surface area contributed by atoms with Crippen molar-refractivity contribution in [3.8, 4) is 11.5 Å². The van der Waals surface area contributed by atoms with Crippen LogP contribution < -0.4 is 14.5 Å². The summed E-state index contributed by atoms with van der Waals surface area (Å²) in [4.78, 5) is 26.3. The minimum absolute atomic E-state index is 0.00350. The molecule has 1 aliphatic rings. The maximum Gasteiger partial charge on any atom is 0.416 e. The number of aromatic nitrogens is 1. The quantitative estimate of drug-likeness (QED) is 0.303. The Bertz CT molecular complexity index is 1600. The number of alkyl halides is 3. The molecule has 0 spiro atoms. The van der Waals surface area contributed by atoms with Crippen LogP contribution in [-0.4, -0.2) is 36.3 Å². The molecule has 5 rings (SSSR count). The third-order valence-corrected chi connectivity index (χ3v) is 6.73. The summed E-state index contributed by atoms with van der Waals surface area (Å²) in [6, 6.07) is 16.5. The van der Waals surface area contributed by atoms with E-state index in [2.05, 4.69) is 5.10 Å². The molecule has 200 valence electrons. The van der Waals surface area contributed by atoms with Gasteiger partial charge in [-0.1, -0.05) is 0 Å². The summed E-state index contributed by atoms with van der Waals surface area (Å²) < 4.78 is 51.1. The van der Waals surface area contributed by atoms with Crippen LogP contribution in [0.2, 0.25) is 0 Å². The molecule has 0 aliphatic carbocycles. The summed E-state index contributed by atoms with van der Waals surface area (Å²) in [5, 5.41) is 6.32. The Balaban J connectivity index is 1.52. The lowest BCUT2D eigenvalue weighted by Crippen LogP contribution is -2.19. The first-order chi connectivity index (χ1) is 18.6. The third-order valence-electron chi connectivity index (χ3n) is 6.73. The van der Waals surface area contributed by atoms with Gasteiger partial charge in [0.1, 0.15) is 11.5 Å². The molecule has 0 bridgehead atoms. The molecule has 3 aromatic carbocycles. The van der Waals surface area contributed by atoms with E-state index in [0.717, 1.165) is 28.1 Å². The highest BCUT2D eigenvalue weighted by Gasteiger charge is 2.32. The standard InChI is InChI=1S/C29H24F3N3O4/c1-17-24(14-20-15-27(36)35(33-20)21-8-6-19(7-9-21)29(30,31)32)25-16-23(39-3)12-13-26(25)34(17)28(37)18-4-10-22(38-2)11-5-18/h4-13,16H,14-15H2,1-3H3. The number of hydrogen-bond donors (Lipinski definition) is 0. The van der Waals surface area contributed by atoms with Crippen molar-refractivity contribution in [2.24, 2.45) is 5.10 Å². The van der Waals surface area contributed by atoms with Crippen LogP contribution in [0.25, 0.3) is 10.9 Å². The number of rotatable bonds is 6. The number of nitrogens with zero attached hydrogens (tertiary/aromatic N) is 3. The van der Waals surface area contributed by atoms with Crippen molar-refractivity contribution in [3.05, 3.63) is 89.1 Å². The second kappa shape index (κ2) is 9.94. The first kappa shape index (κ1) is 26.0. The summed E-state index contributed by atoms with van der Waals surface area (Å²) in [5.41, 5.74) is 2.60. The average Bonchev–Trinajstić information content (AvgIpc) is 3.43. The Labute approximate surface area is 222 Å². The van der Waals surface area contributed by atoms with Crippen molar-refractivity contribution in [1.29, 1.82) is 0 Å². The molecule has 1 aromatic heterocycles. The summed E-state index contributed by atoms with van der Waals surface area (Å²) in [6.07, 6.45) is -4.21. The first-order valence-electron chi connectivity index (χ1n) is 12.0. The number of carbonyl (C=O) groups is 2. The lowest BCUT2D eigenvalue weighted by Gasteiger charge is -2.13. The highest BCUT2D eigenvalue weighted by atomic mass is 19.4. The lowest BCUT2D eigenvalue weighted by atomic mass is 10.0. The summed E-state index contributed by atoms with van der Waals surface area (Å²) in [5.74, 6) is 0.659. The normalized spacial score (nSPS) is 13.6. The summed E-state index contributed by atoms with van der Waals surface area (Å²) in [6.45, 7) is 1.83. The third kappa shape index (κ3) is 4.85. The van der Waals surface area contributed by atoms with E-state index in [4.69, 9.17) is 9.47 Å². The van der Waals surface area contributed by atoms with Gasteiger partial charge in [-0.25, -0.2) is 5.01 Å². The van der Waals surface area contributed by atoms with E-state index in [1.165, 1.54) is 12.1 Å². The minimum Gasteiger partial charge on any atom is -0.497 e. The highest BCUT2D eigenvalue weighted by Crippen LogP contribution is 2.34. The number of benzene rings is 3. The Morgan fingerprint density at radius 2 is 1.59 bits per heavy atom. The van der Waals surface area contributed by atoms with E-state index >= 15 is 0 Å². The Morgan fingerprint density at radius 1 is 0.949 bits per heavy atom. The molecule has 0 unspecified atom stereocenters. The molecule has 0 saturated heterocycles. The van der Waals surface area contributed by atoms with Gasteiger partial charge < -0.3 is 9.47 Å². The number of ether oxygens (including phenoxy) is 2. The number of hydrazone groups is 1. The topological polar surface area (TPSA) is 73.1 Å². The predicted octanol–water partition coefficient (Wildman–Crippen LogP) is 6.01. The number of amides is 1. The van der Waals surface area contributed by atoms with Gasteiger partial charge in [-0.15, -0.1) is 0 Å². The smallest absolute Gasteiger partial charge is 0.416 e. The molecule has 39 heavy (non-hydrogen) atoms. The number of anilines is 1. The van der Waals surface area contributed by atoms with Crippen LogP contribution >= 0.6 is 0 Å². The van der Waals surface area contributed by atoms with Crippen molar-refractivity contribution in [3.63, 3.8) is 0 Å². The van der Waals surface area contributed by atoms with Gasteiger partial charge in [-0.05, 0) is 79.2 Å². The average molecular weight is 536 g/mol. The van der Waals surface area contributed by atoms with Crippen LogP contribution in [0.15, 0.2) is 71.8 Å². The fraction of sp³-hybridized carbons (Fsp3) is 0.207. The number of hydrogen-bond acceptors (Lipinski definition) is 5. The molecule has 4 aromatic rings. The van der Waals surface area contributed by atoms with Crippen molar-refractivity contribution in [2.45, 2.75) is 25.9 Å². The zero-order valence-electron chi connectivity index (χ0n) is 21.4. The van der Waals surface area contributed by atoms with E-state index < -0.39 is 11.7 Å². The van der Waals surface area contributed by atoms with E-state index in [9.17, 15) is 22.8 Å². The predicted molar refractivity (Wildman–Crippen MR) is 141 cm³/mol. The van der Waals surface area contributed by atoms with Gasteiger partial charge in [0.05, 0.1) is 43.1 Å². The van der Waals surface area contributed by atoms with Crippen molar-refractivity contribution < 1.29 is 32.2 Å². The van der Waals surface area contributed by atoms with Crippen molar-refractivity contribution >= 4 is 34.1 Å². The fourth-order valence-electron chi connectivity index (χ4n) is 4.71. The second-order valence-electron chi connectivity index (χ2n) is 9.09. The van der Waals surface area contributed by atoms with Crippen LogP contribution in [0.3, 0.4) is 0 Å². The molecule has 0 N–H and O–H groups in total. The van der Waals surface area contributed by atoms with E-state index in [-0.39, 0.29) is 30.3 Å². The first-order valence-corrected chi connectivity index (χ1v) is 12.0. The van der Waals surface area contributed by atoms with Crippen LogP contribution in [0, 0.1) is 6.92 Å². The SMILES string of the molecule is COc1ccc(C(=O)n2c(C)c(CC3=NN(c4ccc(C(F)(F)F)cc4)C(=O)C3)c3cc(OC)ccc32)cc1. The van der Waals surface area contributed by atoms with E-state index in [1.54, 1.807) is 49.1 Å². The molecule has 0 fully saturated rings. The van der Waals surface area contributed by atoms with Crippen molar-refractivity contribution in [1.82, 2.24) is 4.57 Å². The molecule has 0 saturated carbocycles. The van der Waals surface area contributed by atoms with Gasteiger partial charge in [0.15, 0.2) is 0 Å². The van der Waals surface area contributed by atoms with Crippen LogP contribution in [0.1, 0.15) is 33.6 Å². The molecule has 1 aliphatic heterocycles. The fourth-order valence-corrected chi connectivity index (χ4v) is 4.71. The molecule has 7 nitrogen and oxygen atoms in total. The van der Waals surface area contributed by atoms with Gasteiger partial charge in [0.25, 0.3) is 11.8 Å². The molecular formula is C29H24F3N3O4. The number of methoxy groups -OCH3 is 2. The van der Waals surface area contributed by atoms with Gasteiger partial charge in [-0.2, -0.15) is 18.3 Å². The van der Waals surface area contributed by atoms with Gasteiger partial charge in [-0.3, -0.25) is 14.2 Å². The van der Waals surface area contributed by atoms with Gasteiger partial charge >= 0.3 is 6.18 Å². The number of carbonyl (C=O) groups excluding carboxylic acids is 2. The van der Waals surface area contributed by atoms with E-state index in [1.807, 2.05) is 19.1 Å². The molecule has 0 atom stereocenters. The van der Waals surface area contributed by atoms with Crippen LogP contribution in [0.4, 0.5) is 18.9 Å². The Morgan fingerprint density at radius 3 is 2.21 bits per heavy atom. The largest absolute Gasteiger partial charge is 0.497 e. The molecule has 2 heterocycles. The monoisotopic (exact) mass is 535 g/mol. The molecule has 1 amide bonds. The Kier molecular flexibility index (Phi) is 6.63. The van der Waals surface area contributed by atoms with Crippen LogP contribution in [0.5, 0.6) is 11.5 Å². The minimum atomic E-state index is -4.47. The lowest BCUT2D eigenvalue weighted by molar-refractivity contribution is -0.137. The van der Waals surface area contributed by atoms with Gasteiger partial charge in [0, 0.05) is 23.1 Å². The maximum atomic E-state index is 13.6. The van der Waals surface area contributed by atoms with E-state index in [0.29, 0.717) is 34.0 Å². The zero-order chi connectivity index (χ0) is 27.9. The van der Waals surface area contributed by atoms with Crippen LogP contribution in [-0.2, 0) is 17.4 Å². The molecular weight excluding hydrogens is 511 g/mol. The summed E-state index contributed by atoms with van der Waals surface area (Å²) in [7, 11) is 3.10. The highest BCUT2D eigenvalue weighted by molar-refractivity contribution is 6.14. The van der Waals surface area contributed by atoms with Gasteiger partial charge in [0.2, 0.25) is 0 Å². The Hall–Kier alpha value is -4.60. The summed E-state index contributed by atoms with van der Waals surface area (Å²) >= 11 is 0. The number of halogens is 3. The molecule has 0 radical (unpaired) electrons. The maximum absolute atomic E-state index is 13.6. The number of fused-ring (bicyclic) bond motifs is 1. The second-order valence-corrected chi connectivity index (χ2v) is 9.09. The zero-order valence-corrected chi connectivity index (χ0v) is 21.4.